The number of anilines is 1. The fraction of sp³-hybridized carbons (Fsp3) is 0.267. The van der Waals surface area contributed by atoms with Crippen molar-refractivity contribution in [1.82, 2.24) is 9.78 Å². The van der Waals surface area contributed by atoms with Gasteiger partial charge in [-0.15, -0.1) is 0 Å². The summed E-state index contributed by atoms with van der Waals surface area (Å²) in [7, 11) is 0. The zero-order valence-corrected chi connectivity index (χ0v) is 11.8. The Kier molecular flexibility index (Phi) is 3.01. The lowest BCUT2D eigenvalue weighted by Crippen LogP contribution is -2.11. The molecular formula is C15H15N3O3. The number of fused-ring (bicyclic) bond motifs is 1. The Morgan fingerprint density at radius 1 is 1.38 bits per heavy atom. The van der Waals surface area contributed by atoms with Crippen molar-refractivity contribution < 1.29 is 14.7 Å². The minimum Gasteiger partial charge on any atom is -0.477 e. The Balaban J connectivity index is 2.05. The quantitative estimate of drug-likeness (QED) is 0.906. The normalized spacial score (nSPS) is 13.4. The largest absolute Gasteiger partial charge is 0.477 e. The van der Waals surface area contributed by atoms with E-state index in [0.29, 0.717) is 12.1 Å². The third-order valence-corrected chi connectivity index (χ3v) is 3.47. The van der Waals surface area contributed by atoms with E-state index in [1.165, 1.54) is 4.68 Å². The highest BCUT2D eigenvalue weighted by Gasteiger charge is 2.20. The maximum Gasteiger partial charge on any atom is 0.354 e. The predicted octanol–water partition coefficient (Wildman–Crippen LogP) is 2.32. The van der Waals surface area contributed by atoms with E-state index < -0.39 is 5.97 Å². The van der Waals surface area contributed by atoms with Crippen molar-refractivity contribution in [3.63, 3.8) is 0 Å². The van der Waals surface area contributed by atoms with Crippen molar-refractivity contribution in [1.29, 1.82) is 0 Å². The van der Waals surface area contributed by atoms with Crippen molar-refractivity contribution in [2.24, 2.45) is 0 Å². The zero-order chi connectivity index (χ0) is 15.1. The molecule has 6 nitrogen and oxygen atoms in total. The smallest absolute Gasteiger partial charge is 0.354 e. The van der Waals surface area contributed by atoms with Crippen molar-refractivity contribution in [2.45, 2.75) is 26.3 Å². The van der Waals surface area contributed by atoms with E-state index >= 15 is 0 Å². The van der Waals surface area contributed by atoms with Gasteiger partial charge in [0.05, 0.1) is 12.1 Å². The summed E-state index contributed by atoms with van der Waals surface area (Å²) in [6.07, 6.45) is 0.347. The van der Waals surface area contributed by atoms with Gasteiger partial charge >= 0.3 is 5.97 Å². The van der Waals surface area contributed by atoms with Gasteiger partial charge in [0.2, 0.25) is 5.91 Å². The highest BCUT2D eigenvalue weighted by Crippen LogP contribution is 2.29. The van der Waals surface area contributed by atoms with Gasteiger partial charge in [0.25, 0.3) is 0 Å². The van der Waals surface area contributed by atoms with Crippen LogP contribution in [0.4, 0.5) is 5.69 Å². The second kappa shape index (κ2) is 4.73. The molecule has 3 rings (SSSR count). The molecule has 0 unspecified atom stereocenters. The average Bonchev–Trinajstić information content (AvgIpc) is 2.99. The molecule has 0 saturated heterocycles. The Labute approximate surface area is 121 Å². The van der Waals surface area contributed by atoms with Gasteiger partial charge in [-0.05, 0) is 37.6 Å². The van der Waals surface area contributed by atoms with Crippen LogP contribution in [-0.4, -0.2) is 26.8 Å². The number of carbonyl (C=O) groups is 2. The lowest BCUT2D eigenvalue weighted by Gasteiger charge is -2.07. The molecule has 1 aromatic heterocycles. The maximum atomic E-state index is 11.4. The summed E-state index contributed by atoms with van der Waals surface area (Å²) in [5, 5.41) is 16.4. The van der Waals surface area contributed by atoms with E-state index in [4.69, 9.17) is 0 Å². The molecule has 1 aromatic carbocycles. The van der Waals surface area contributed by atoms with Crippen LogP contribution in [0.1, 0.15) is 35.9 Å². The van der Waals surface area contributed by atoms with E-state index in [2.05, 4.69) is 10.4 Å². The molecule has 2 heterocycles. The molecular weight excluding hydrogens is 270 g/mol. The molecule has 2 aromatic rings. The Bertz CT molecular complexity index is 747. The Morgan fingerprint density at radius 3 is 2.76 bits per heavy atom. The molecule has 0 fully saturated rings. The van der Waals surface area contributed by atoms with Gasteiger partial charge in [-0.25, -0.2) is 4.79 Å². The number of rotatable bonds is 3. The Hall–Kier alpha value is -2.63. The first-order chi connectivity index (χ1) is 9.95. The molecule has 21 heavy (non-hydrogen) atoms. The topological polar surface area (TPSA) is 84.2 Å². The molecule has 0 bridgehead atoms. The molecule has 0 saturated carbocycles. The van der Waals surface area contributed by atoms with Crippen LogP contribution in [0.25, 0.3) is 11.3 Å². The number of benzene rings is 1. The molecule has 0 atom stereocenters. The fourth-order valence-electron chi connectivity index (χ4n) is 2.48. The van der Waals surface area contributed by atoms with Crippen LogP contribution >= 0.6 is 0 Å². The number of aromatic carboxylic acids is 1. The van der Waals surface area contributed by atoms with E-state index in [1.807, 2.05) is 32.0 Å². The van der Waals surface area contributed by atoms with Crippen LogP contribution in [0.15, 0.2) is 24.3 Å². The highest BCUT2D eigenvalue weighted by molar-refractivity contribution is 5.99. The summed E-state index contributed by atoms with van der Waals surface area (Å²) >= 11 is 0. The van der Waals surface area contributed by atoms with E-state index in [0.717, 1.165) is 16.8 Å². The number of nitrogens with one attached hydrogen (secondary N) is 1. The van der Waals surface area contributed by atoms with E-state index in [1.54, 1.807) is 6.07 Å². The first-order valence-corrected chi connectivity index (χ1v) is 6.71. The fourth-order valence-corrected chi connectivity index (χ4v) is 2.48. The van der Waals surface area contributed by atoms with Crippen LogP contribution in [0, 0.1) is 0 Å². The molecule has 1 aliphatic rings. The maximum absolute atomic E-state index is 11.4. The molecule has 1 aliphatic heterocycles. The Morgan fingerprint density at radius 2 is 2.14 bits per heavy atom. The number of nitrogens with zero attached hydrogens (tertiary/aromatic N) is 2. The van der Waals surface area contributed by atoms with Gasteiger partial charge < -0.3 is 10.4 Å². The SMILES string of the molecule is CC(C)n1nc(-c2ccc3c(c2)CC(=O)N3)cc1C(=O)O. The van der Waals surface area contributed by atoms with Crippen LogP contribution in [-0.2, 0) is 11.2 Å². The highest BCUT2D eigenvalue weighted by atomic mass is 16.4. The number of hydrogen-bond acceptors (Lipinski definition) is 3. The molecule has 1 amide bonds. The predicted molar refractivity (Wildman–Crippen MR) is 77.3 cm³/mol. The number of carbonyl (C=O) groups excluding carboxylic acids is 1. The third kappa shape index (κ3) is 2.29. The number of carboxylic acids is 1. The first-order valence-electron chi connectivity index (χ1n) is 6.71. The van der Waals surface area contributed by atoms with Gasteiger partial charge in [-0.1, -0.05) is 6.07 Å². The second-order valence-electron chi connectivity index (χ2n) is 5.36. The summed E-state index contributed by atoms with van der Waals surface area (Å²) in [5.41, 5.74) is 3.30. The minimum absolute atomic E-state index is 0.0268. The second-order valence-corrected chi connectivity index (χ2v) is 5.36. The molecule has 0 aliphatic carbocycles. The minimum atomic E-state index is -1.000. The molecule has 108 valence electrons. The van der Waals surface area contributed by atoms with Gasteiger partial charge in [-0.2, -0.15) is 5.10 Å². The van der Waals surface area contributed by atoms with Crippen molar-refractivity contribution in [3.05, 3.63) is 35.5 Å². The number of aromatic nitrogens is 2. The van der Waals surface area contributed by atoms with Crippen molar-refractivity contribution in [2.75, 3.05) is 5.32 Å². The molecule has 2 N–H and O–H groups in total. The van der Waals surface area contributed by atoms with E-state index in [9.17, 15) is 14.7 Å². The van der Waals surface area contributed by atoms with Crippen LogP contribution < -0.4 is 5.32 Å². The van der Waals surface area contributed by atoms with Crippen LogP contribution in [0.3, 0.4) is 0 Å². The summed E-state index contributed by atoms with van der Waals surface area (Å²) < 4.78 is 1.49. The van der Waals surface area contributed by atoms with E-state index in [-0.39, 0.29) is 17.6 Å². The number of carboxylic acid groups (broad SMARTS) is 1. The van der Waals surface area contributed by atoms with Crippen LogP contribution in [0.2, 0.25) is 0 Å². The van der Waals surface area contributed by atoms with Gasteiger partial charge in [0, 0.05) is 17.3 Å². The standard InChI is InChI=1S/C15H15N3O3/c1-8(2)18-13(15(20)21)7-12(17-18)9-3-4-11-10(5-9)6-14(19)16-11/h3-5,7-8H,6H2,1-2H3,(H,16,19)(H,20,21). The average molecular weight is 285 g/mol. The summed E-state index contributed by atoms with van der Waals surface area (Å²) in [6.45, 7) is 3.77. The van der Waals surface area contributed by atoms with Crippen molar-refractivity contribution in [3.8, 4) is 11.3 Å². The first kappa shape index (κ1) is 13.4. The molecule has 6 heteroatoms. The monoisotopic (exact) mass is 285 g/mol. The van der Waals surface area contributed by atoms with Crippen molar-refractivity contribution >= 4 is 17.6 Å². The zero-order valence-electron chi connectivity index (χ0n) is 11.8. The lowest BCUT2D eigenvalue weighted by atomic mass is 10.1. The molecule has 0 radical (unpaired) electrons. The summed E-state index contributed by atoms with van der Waals surface area (Å²) in [5.74, 6) is -1.03. The summed E-state index contributed by atoms with van der Waals surface area (Å²) in [6, 6.07) is 7.07. The van der Waals surface area contributed by atoms with Crippen LogP contribution in [0.5, 0.6) is 0 Å². The third-order valence-electron chi connectivity index (χ3n) is 3.47. The lowest BCUT2D eigenvalue weighted by molar-refractivity contribution is -0.115. The number of amides is 1. The van der Waals surface area contributed by atoms with Gasteiger partial charge in [-0.3, -0.25) is 9.48 Å². The molecule has 0 spiro atoms. The number of hydrogen-bond donors (Lipinski definition) is 2. The summed E-state index contributed by atoms with van der Waals surface area (Å²) in [4.78, 5) is 22.7. The van der Waals surface area contributed by atoms with Gasteiger partial charge in [0.15, 0.2) is 0 Å². The van der Waals surface area contributed by atoms with Gasteiger partial charge in [0.1, 0.15) is 5.69 Å².